The van der Waals surface area contributed by atoms with Crippen LogP contribution < -0.4 is 10.6 Å². The van der Waals surface area contributed by atoms with E-state index in [1.54, 1.807) is 12.1 Å². The maximum absolute atomic E-state index is 12.9. The fourth-order valence-corrected chi connectivity index (χ4v) is 4.56. The molecule has 0 atom stereocenters. The van der Waals surface area contributed by atoms with Gasteiger partial charge in [-0.15, -0.1) is 0 Å². The summed E-state index contributed by atoms with van der Waals surface area (Å²) in [6, 6.07) is 12.6. The lowest BCUT2D eigenvalue weighted by Crippen LogP contribution is -2.49. The van der Waals surface area contributed by atoms with Crippen LogP contribution in [-0.2, 0) is 9.59 Å². The Bertz CT molecular complexity index is 1170. The van der Waals surface area contributed by atoms with Gasteiger partial charge in [-0.2, -0.15) is 0 Å². The first-order valence-electron chi connectivity index (χ1n) is 10.3. The lowest BCUT2D eigenvalue weighted by atomic mass is 9.77. The fourth-order valence-electron chi connectivity index (χ4n) is 4.56. The Morgan fingerprint density at radius 1 is 1.13 bits per heavy atom. The molecule has 1 aromatic heterocycles. The highest BCUT2D eigenvalue weighted by molar-refractivity contribution is 6.11. The van der Waals surface area contributed by atoms with Crippen molar-refractivity contribution < 1.29 is 18.8 Å². The molecule has 7 nitrogen and oxygen atoms in total. The van der Waals surface area contributed by atoms with Crippen molar-refractivity contribution in [1.82, 2.24) is 10.2 Å². The molecule has 2 aliphatic rings. The van der Waals surface area contributed by atoms with Crippen LogP contribution in [0.15, 0.2) is 46.9 Å². The molecular formula is C23H23N3O4. The monoisotopic (exact) mass is 405 g/mol. The fraction of sp³-hybridized carbons (Fsp3) is 0.348. The normalized spacial score (nSPS) is 24.0. The number of imide groups is 1. The number of benzene rings is 2. The van der Waals surface area contributed by atoms with E-state index in [9.17, 15) is 14.4 Å². The molecule has 154 valence electrons. The zero-order valence-electron chi connectivity index (χ0n) is 16.7. The standard InChI is InChI=1S/C23H23N3O4/c1-14-8-10-23(11-9-14)21(28)26(22(29)25-23)13-20(27)24-15-6-7-19-17(12-15)16-4-2-3-5-18(16)30-19/h2-7,12,14H,8-11,13H2,1H3,(H,24,27)(H,25,29). The molecule has 0 bridgehead atoms. The number of carbonyl (C=O) groups is 3. The topological polar surface area (TPSA) is 91.7 Å². The Kier molecular flexibility index (Phi) is 4.27. The number of hydrogen-bond acceptors (Lipinski definition) is 4. The van der Waals surface area contributed by atoms with E-state index < -0.39 is 17.5 Å². The summed E-state index contributed by atoms with van der Waals surface area (Å²) in [6.45, 7) is 1.85. The molecule has 2 fully saturated rings. The molecule has 1 saturated heterocycles. The molecule has 2 N–H and O–H groups in total. The molecule has 1 aliphatic carbocycles. The van der Waals surface area contributed by atoms with Crippen molar-refractivity contribution in [3.63, 3.8) is 0 Å². The molecule has 1 spiro atoms. The Morgan fingerprint density at radius 3 is 2.67 bits per heavy atom. The van der Waals surface area contributed by atoms with E-state index >= 15 is 0 Å². The van der Waals surface area contributed by atoms with Gasteiger partial charge in [-0.3, -0.25) is 14.5 Å². The highest BCUT2D eigenvalue weighted by Crippen LogP contribution is 2.36. The van der Waals surface area contributed by atoms with Crippen LogP contribution >= 0.6 is 0 Å². The van der Waals surface area contributed by atoms with Gasteiger partial charge in [0.1, 0.15) is 23.2 Å². The maximum atomic E-state index is 12.9. The number of amides is 4. The Hall–Kier alpha value is -3.35. The van der Waals surface area contributed by atoms with Crippen molar-refractivity contribution in [1.29, 1.82) is 0 Å². The van der Waals surface area contributed by atoms with Gasteiger partial charge < -0.3 is 15.1 Å². The van der Waals surface area contributed by atoms with E-state index in [1.165, 1.54) is 0 Å². The summed E-state index contributed by atoms with van der Waals surface area (Å²) < 4.78 is 5.80. The molecule has 7 heteroatoms. The van der Waals surface area contributed by atoms with E-state index in [0.717, 1.165) is 39.7 Å². The number of carbonyl (C=O) groups excluding carboxylic acids is 3. The molecule has 1 aliphatic heterocycles. The van der Waals surface area contributed by atoms with Gasteiger partial charge in [0.2, 0.25) is 5.91 Å². The number of fused-ring (bicyclic) bond motifs is 3. The number of anilines is 1. The van der Waals surface area contributed by atoms with Crippen LogP contribution in [0.5, 0.6) is 0 Å². The first-order valence-corrected chi connectivity index (χ1v) is 10.3. The van der Waals surface area contributed by atoms with Crippen LogP contribution in [0.3, 0.4) is 0 Å². The number of nitrogens with one attached hydrogen (secondary N) is 2. The third-order valence-corrected chi connectivity index (χ3v) is 6.34. The number of rotatable bonds is 3. The molecule has 30 heavy (non-hydrogen) atoms. The minimum Gasteiger partial charge on any atom is -0.456 e. The smallest absolute Gasteiger partial charge is 0.325 e. The molecule has 1 saturated carbocycles. The second-order valence-electron chi connectivity index (χ2n) is 8.44. The summed E-state index contributed by atoms with van der Waals surface area (Å²) in [5, 5.41) is 7.51. The third kappa shape index (κ3) is 3.01. The molecule has 5 rings (SSSR count). The quantitative estimate of drug-likeness (QED) is 0.644. The van der Waals surface area contributed by atoms with Gasteiger partial charge in [-0.05, 0) is 55.9 Å². The molecule has 0 unspecified atom stereocenters. The number of para-hydroxylation sites is 1. The van der Waals surface area contributed by atoms with E-state index in [2.05, 4.69) is 17.6 Å². The second-order valence-corrected chi connectivity index (χ2v) is 8.44. The van der Waals surface area contributed by atoms with Crippen LogP contribution in [-0.4, -0.2) is 34.8 Å². The zero-order chi connectivity index (χ0) is 20.9. The minimum atomic E-state index is -0.835. The zero-order valence-corrected chi connectivity index (χ0v) is 16.7. The largest absolute Gasteiger partial charge is 0.456 e. The molecule has 3 aromatic rings. The number of nitrogens with zero attached hydrogens (tertiary/aromatic N) is 1. The average molecular weight is 405 g/mol. The molecule has 2 aromatic carbocycles. The van der Waals surface area contributed by atoms with Crippen LogP contribution in [0.1, 0.15) is 32.6 Å². The number of furan rings is 1. The van der Waals surface area contributed by atoms with Crippen LogP contribution in [0.25, 0.3) is 21.9 Å². The number of hydrogen-bond donors (Lipinski definition) is 2. The summed E-state index contributed by atoms with van der Waals surface area (Å²) in [7, 11) is 0. The van der Waals surface area contributed by atoms with Crippen molar-refractivity contribution >= 4 is 45.5 Å². The van der Waals surface area contributed by atoms with Crippen molar-refractivity contribution in [2.45, 2.75) is 38.1 Å². The van der Waals surface area contributed by atoms with E-state index in [-0.39, 0.29) is 12.5 Å². The van der Waals surface area contributed by atoms with E-state index in [0.29, 0.717) is 24.4 Å². The van der Waals surface area contributed by atoms with Crippen molar-refractivity contribution in [3.05, 3.63) is 42.5 Å². The summed E-state index contributed by atoms with van der Waals surface area (Å²) in [5.41, 5.74) is 1.27. The second kappa shape index (κ2) is 6.86. The van der Waals surface area contributed by atoms with Crippen LogP contribution in [0, 0.1) is 5.92 Å². The summed E-state index contributed by atoms with van der Waals surface area (Å²) in [6.07, 6.45) is 3.04. The van der Waals surface area contributed by atoms with Crippen molar-refractivity contribution in [3.8, 4) is 0 Å². The molecule has 0 radical (unpaired) electrons. The molecular weight excluding hydrogens is 382 g/mol. The summed E-state index contributed by atoms with van der Waals surface area (Å²) >= 11 is 0. The number of urea groups is 1. The van der Waals surface area contributed by atoms with Crippen molar-refractivity contribution in [2.75, 3.05) is 11.9 Å². The molecule has 2 heterocycles. The van der Waals surface area contributed by atoms with Gasteiger partial charge >= 0.3 is 6.03 Å². The highest BCUT2D eigenvalue weighted by Gasteiger charge is 2.52. The van der Waals surface area contributed by atoms with Gasteiger partial charge in [0.25, 0.3) is 5.91 Å². The predicted octanol–water partition coefficient (Wildman–Crippen LogP) is 4.03. The summed E-state index contributed by atoms with van der Waals surface area (Å²) in [5.74, 6) is -0.149. The predicted molar refractivity (Wildman–Crippen MR) is 113 cm³/mol. The lowest BCUT2D eigenvalue weighted by molar-refractivity contribution is -0.135. The average Bonchev–Trinajstić information content (AvgIpc) is 3.21. The van der Waals surface area contributed by atoms with Crippen LogP contribution in [0.4, 0.5) is 10.5 Å². The first-order chi connectivity index (χ1) is 14.4. The maximum Gasteiger partial charge on any atom is 0.325 e. The van der Waals surface area contributed by atoms with Crippen molar-refractivity contribution in [2.24, 2.45) is 5.92 Å². The SMILES string of the molecule is CC1CCC2(CC1)NC(=O)N(CC(=O)Nc1ccc3oc4ccccc4c3c1)C2=O. The van der Waals surface area contributed by atoms with Crippen LogP contribution in [0.2, 0.25) is 0 Å². The third-order valence-electron chi connectivity index (χ3n) is 6.34. The Labute approximate surface area is 173 Å². The highest BCUT2D eigenvalue weighted by atomic mass is 16.3. The Balaban J connectivity index is 1.32. The van der Waals surface area contributed by atoms with Gasteiger partial charge in [-0.1, -0.05) is 25.1 Å². The van der Waals surface area contributed by atoms with Gasteiger partial charge in [0.15, 0.2) is 0 Å². The van der Waals surface area contributed by atoms with Gasteiger partial charge in [0.05, 0.1) is 0 Å². The van der Waals surface area contributed by atoms with E-state index in [4.69, 9.17) is 4.42 Å². The minimum absolute atomic E-state index is 0.286. The van der Waals surface area contributed by atoms with Gasteiger partial charge in [0, 0.05) is 16.5 Å². The Morgan fingerprint density at radius 2 is 1.87 bits per heavy atom. The molecule has 4 amide bonds. The first kappa shape index (κ1) is 18.7. The summed E-state index contributed by atoms with van der Waals surface area (Å²) in [4.78, 5) is 39.0. The van der Waals surface area contributed by atoms with E-state index in [1.807, 2.05) is 30.3 Å². The van der Waals surface area contributed by atoms with Gasteiger partial charge in [-0.25, -0.2) is 4.79 Å². The lowest BCUT2D eigenvalue weighted by Gasteiger charge is -2.33.